The Morgan fingerprint density at radius 3 is 3.06 bits per heavy atom. The largest absolute Gasteiger partial charge is 0.462 e. The fourth-order valence-electron chi connectivity index (χ4n) is 1.55. The number of carbonyl (C=O) groups excluding carboxylic acids is 1. The SMILES string of the molecule is CCOC(=O)c1cc(N)c2ncccc2c1. The van der Waals surface area contributed by atoms with Crippen LogP contribution < -0.4 is 5.73 Å². The van der Waals surface area contributed by atoms with E-state index in [0.717, 1.165) is 5.39 Å². The zero-order valence-electron chi connectivity index (χ0n) is 8.93. The summed E-state index contributed by atoms with van der Waals surface area (Å²) in [5.74, 6) is -0.361. The first-order chi connectivity index (χ1) is 7.72. The van der Waals surface area contributed by atoms with E-state index in [9.17, 15) is 4.79 Å². The summed E-state index contributed by atoms with van der Waals surface area (Å²) in [5, 5.41) is 0.838. The minimum absolute atomic E-state index is 0.351. The van der Waals surface area contributed by atoms with Gasteiger partial charge in [-0.3, -0.25) is 4.98 Å². The molecule has 0 spiro atoms. The Balaban J connectivity index is 2.53. The Morgan fingerprint density at radius 2 is 2.31 bits per heavy atom. The first kappa shape index (κ1) is 10.4. The number of hydrogen-bond donors (Lipinski definition) is 1. The molecular weight excluding hydrogens is 204 g/mol. The van der Waals surface area contributed by atoms with Gasteiger partial charge in [-0.1, -0.05) is 6.07 Å². The van der Waals surface area contributed by atoms with Crippen LogP contribution >= 0.6 is 0 Å². The third-order valence-electron chi connectivity index (χ3n) is 2.25. The highest BCUT2D eigenvalue weighted by Crippen LogP contribution is 2.21. The van der Waals surface area contributed by atoms with E-state index in [1.165, 1.54) is 0 Å². The van der Waals surface area contributed by atoms with Gasteiger partial charge in [0, 0.05) is 11.6 Å². The van der Waals surface area contributed by atoms with Crippen molar-refractivity contribution in [1.29, 1.82) is 0 Å². The number of nitrogens with two attached hydrogens (primary N) is 1. The van der Waals surface area contributed by atoms with Crippen LogP contribution in [0.1, 0.15) is 17.3 Å². The van der Waals surface area contributed by atoms with Crippen molar-refractivity contribution in [2.45, 2.75) is 6.92 Å². The normalized spacial score (nSPS) is 10.3. The second kappa shape index (κ2) is 4.18. The highest BCUT2D eigenvalue weighted by atomic mass is 16.5. The monoisotopic (exact) mass is 216 g/mol. The quantitative estimate of drug-likeness (QED) is 0.616. The average Bonchev–Trinajstić information content (AvgIpc) is 2.29. The molecule has 16 heavy (non-hydrogen) atoms. The summed E-state index contributed by atoms with van der Waals surface area (Å²) in [5.41, 5.74) is 7.47. The standard InChI is InChI=1S/C12H12N2O2/c1-2-16-12(15)9-6-8-4-3-5-14-11(8)10(13)7-9/h3-7H,2,13H2,1H3. The Morgan fingerprint density at radius 1 is 1.50 bits per heavy atom. The van der Waals surface area contributed by atoms with E-state index < -0.39 is 0 Å². The Bertz CT molecular complexity index is 538. The molecule has 0 amide bonds. The number of hydrogen-bond acceptors (Lipinski definition) is 4. The topological polar surface area (TPSA) is 65.2 Å². The molecule has 0 bridgehead atoms. The summed E-state index contributed by atoms with van der Waals surface area (Å²) < 4.78 is 4.92. The maximum Gasteiger partial charge on any atom is 0.338 e. The van der Waals surface area contributed by atoms with Gasteiger partial charge in [-0.2, -0.15) is 0 Å². The van der Waals surface area contributed by atoms with Gasteiger partial charge < -0.3 is 10.5 Å². The van der Waals surface area contributed by atoms with Crippen LogP contribution in [0.15, 0.2) is 30.5 Å². The number of benzene rings is 1. The molecule has 0 fully saturated rings. The molecule has 2 N–H and O–H groups in total. The minimum atomic E-state index is -0.361. The highest BCUT2D eigenvalue weighted by Gasteiger charge is 2.09. The van der Waals surface area contributed by atoms with Crippen LogP contribution in [0, 0.1) is 0 Å². The van der Waals surface area contributed by atoms with Crippen molar-refractivity contribution >= 4 is 22.6 Å². The number of rotatable bonds is 2. The summed E-state index contributed by atoms with van der Waals surface area (Å²) in [6.45, 7) is 2.12. The van der Waals surface area contributed by atoms with E-state index in [1.807, 2.05) is 6.07 Å². The number of fused-ring (bicyclic) bond motifs is 1. The van der Waals surface area contributed by atoms with Crippen LogP contribution in [0.3, 0.4) is 0 Å². The molecule has 82 valence electrons. The predicted octanol–water partition coefficient (Wildman–Crippen LogP) is 1.99. The predicted molar refractivity (Wildman–Crippen MR) is 62.1 cm³/mol. The van der Waals surface area contributed by atoms with Gasteiger partial charge in [0.2, 0.25) is 0 Å². The molecule has 0 aliphatic rings. The van der Waals surface area contributed by atoms with Crippen LogP contribution in [0.25, 0.3) is 10.9 Å². The molecule has 0 aliphatic carbocycles. The van der Waals surface area contributed by atoms with E-state index in [0.29, 0.717) is 23.4 Å². The summed E-state index contributed by atoms with van der Waals surface area (Å²) >= 11 is 0. The van der Waals surface area contributed by atoms with Crippen LogP contribution in [0.4, 0.5) is 5.69 Å². The van der Waals surface area contributed by atoms with Crippen molar-refractivity contribution in [1.82, 2.24) is 4.98 Å². The second-order valence-corrected chi connectivity index (χ2v) is 3.36. The van der Waals surface area contributed by atoms with Crippen molar-refractivity contribution in [2.75, 3.05) is 12.3 Å². The van der Waals surface area contributed by atoms with E-state index in [1.54, 1.807) is 31.3 Å². The van der Waals surface area contributed by atoms with Gasteiger partial charge in [-0.15, -0.1) is 0 Å². The summed E-state index contributed by atoms with van der Waals surface area (Å²) in [7, 11) is 0. The summed E-state index contributed by atoms with van der Waals surface area (Å²) in [4.78, 5) is 15.7. The van der Waals surface area contributed by atoms with Crippen molar-refractivity contribution in [2.24, 2.45) is 0 Å². The summed E-state index contributed by atoms with van der Waals surface area (Å²) in [6, 6.07) is 6.99. The molecule has 0 unspecified atom stereocenters. The molecule has 0 atom stereocenters. The molecule has 0 saturated carbocycles. The zero-order valence-corrected chi connectivity index (χ0v) is 8.93. The Labute approximate surface area is 93.0 Å². The maximum absolute atomic E-state index is 11.5. The number of ether oxygens (including phenoxy) is 1. The number of esters is 1. The van der Waals surface area contributed by atoms with Gasteiger partial charge in [-0.05, 0) is 25.1 Å². The molecule has 2 rings (SSSR count). The first-order valence-electron chi connectivity index (χ1n) is 5.03. The van der Waals surface area contributed by atoms with E-state index >= 15 is 0 Å². The minimum Gasteiger partial charge on any atom is -0.462 e. The molecule has 4 nitrogen and oxygen atoms in total. The first-order valence-corrected chi connectivity index (χ1v) is 5.03. The molecule has 1 heterocycles. The third-order valence-corrected chi connectivity index (χ3v) is 2.25. The van der Waals surface area contributed by atoms with Gasteiger partial charge in [0.25, 0.3) is 0 Å². The third kappa shape index (κ3) is 1.82. The van der Waals surface area contributed by atoms with Crippen LogP contribution in [0.5, 0.6) is 0 Å². The fraction of sp³-hybridized carbons (Fsp3) is 0.167. The van der Waals surface area contributed by atoms with Gasteiger partial charge in [0.15, 0.2) is 0 Å². The average molecular weight is 216 g/mol. The molecule has 1 aromatic carbocycles. The van der Waals surface area contributed by atoms with Crippen LogP contribution in [-0.4, -0.2) is 17.6 Å². The molecule has 2 aromatic rings. The molecule has 0 saturated heterocycles. The molecular formula is C12H12N2O2. The lowest BCUT2D eigenvalue weighted by atomic mass is 10.1. The second-order valence-electron chi connectivity index (χ2n) is 3.36. The molecule has 0 aliphatic heterocycles. The van der Waals surface area contributed by atoms with E-state index in [4.69, 9.17) is 10.5 Å². The van der Waals surface area contributed by atoms with Crippen LogP contribution in [-0.2, 0) is 4.74 Å². The van der Waals surface area contributed by atoms with Gasteiger partial charge in [0.1, 0.15) is 0 Å². The zero-order chi connectivity index (χ0) is 11.5. The number of nitrogens with zero attached hydrogens (tertiary/aromatic N) is 1. The lowest BCUT2D eigenvalue weighted by Crippen LogP contribution is -2.05. The van der Waals surface area contributed by atoms with Crippen molar-refractivity contribution in [3.8, 4) is 0 Å². The van der Waals surface area contributed by atoms with Gasteiger partial charge in [-0.25, -0.2) is 4.79 Å². The number of nitrogen functional groups attached to an aromatic ring is 1. The van der Waals surface area contributed by atoms with E-state index in [-0.39, 0.29) is 5.97 Å². The molecule has 4 heteroatoms. The number of pyridine rings is 1. The molecule has 1 aromatic heterocycles. The van der Waals surface area contributed by atoms with Crippen molar-refractivity contribution in [3.63, 3.8) is 0 Å². The number of anilines is 1. The highest BCUT2D eigenvalue weighted by molar-refractivity contribution is 5.99. The lowest BCUT2D eigenvalue weighted by molar-refractivity contribution is 0.0526. The summed E-state index contributed by atoms with van der Waals surface area (Å²) in [6.07, 6.45) is 1.67. The van der Waals surface area contributed by atoms with Gasteiger partial charge in [0.05, 0.1) is 23.4 Å². The lowest BCUT2D eigenvalue weighted by Gasteiger charge is -2.05. The maximum atomic E-state index is 11.5. The smallest absolute Gasteiger partial charge is 0.338 e. The van der Waals surface area contributed by atoms with Crippen LogP contribution in [0.2, 0.25) is 0 Å². The number of carbonyl (C=O) groups is 1. The van der Waals surface area contributed by atoms with E-state index in [2.05, 4.69) is 4.98 Å². The molecule has 0 radical (unpaired) electrons. The van der Waals surface area contributed by atoms with Crippen molar-refractivity contribution < 1.29 is 9.53 Å². The van der Waals surface area contributed by atoms with Crippen molar-refractivity contribution in [3.05, 3.63) is 36.0 Å². The number of aromatic nitrogens is 1. The van der Waals surface area contributed by atoms with Gasteiger partial charge >= 0.3 is 5.97 Å². The Kier molecular flexibility index (Phi) is 2.72. The Hall–Kier alpha value is -2.10. The fourth-order valence-corrected chi connectivity index (χ4v) is 1.55.